The SMILES string of the molecule is Cc1ccc(Nc2ncnc(Nc3ccc4c(c3)OCO4)c2[N+](=O)[O-])cc1Cl. The first kappa shape index (κ1) is 17.8. The standard InChI is InChI=1S/C18H14ClN5O4/c1-10-2-3-11(6-13(10)19)22-17-16(24(25)26)18(21-8-20-17)23-12-4-5-14-15(7-12)28-9-27-14/h2-8H,9H2,1H3,(H2,20,21,22,23). The minimum Gasteiger partial charge on any atom is -0.454 e. The van der Waals surface area contributed by atoms with E-state index in [9.17, 15) is 10.1 Å². The van der Waals surface area contributed by atoms with Gasteiger partial charge in [0.1, 0.15) is 6.33 Å². The second-order valence-electron chi connectivity index (χ2n) is 5.96. The molecule has 28 heavy (non-hydrogen) atoms. The van der Waals surface area contributed by atoms with Crippen molar-refractivity contribution in [2.24, 2.45) is 0 Å². The number of fused-ring (bicyclic) bond motifs is 1. The van der Waals surface area contributed by atoms with Gasteiger partial charge in [0, 0.05) is 22.5 Å². The third kappa shape index (κ3) is 3.47. The van der Waals surface area contributed by atoms with E-state index in [0.29, 0.717) is 27.9 Å². The van der Waals surface area contributed by atoms with Gasteiger partial charge in [-0.05, 0) is 36.8 Å². The molecule has 0 bridgehead atoms. The zero-order valence-electron chi connectivity index (χ0n) is 14.6. The number of nitrogens with one attached hydrogen (secondary N) is 2. The van der Waals surface area contributed by atoms with Gasteiger partial charge in [-0.1, -0.05) is 17.7 Å². The topological polar surface area (TPSA) is 111 Å². The van der Waals surface area contributed by atoms with Crippen LogP contribution < -0.4 is 20.1 Å². The summed E-state index contributed by atoms with van der Waals surface area (Å²) in [5.74, 6) is 1.25. The van der Waals surface area contributed by atoms with Crippen molar-refractivity contribution in [3.05, 3.63) is 63.4 Å². The van der Waals surface area contributed by atoms with Gasteiger partial charge in [0.15, 0.2) is 11.5 Å². The summed E-state index contributed by atoms with van der Waals surface area (Å²) >= 11 is 6.13. The molecule has 142 valence electrons. The Bertz CT molecular complexity index is 1080. The van der Waals surface area contributed by atoms with E-state index in [0.717, 1.165) is 5.56 Å². The fraction of sp³-hybridized carbons (Fsp3) is 0.111. The van der Waals surface area contributed by atoms with E-state index in [-0.39, 0.29) is 24.1 Å². The summed E-state index contributed by atoms with van der Waals surface area (Å²) in [4.78, 5) is 19.2. The van der Waals surface area contributed by atoms with Crippen molar-refractivity contribution in [3.63, 3.8) is 0 Å². The average molecular weight is 400 g/mol. The molecule has 4 rings (SSSR count). The number of hydrogen-bond donors (Lipinski definition) is 2. The van der Waals surface area contributed by atoms with E-state index in [1.54, 1.807) is 30.3 Å². The Kier molecular flexibility index (Phi) is 4.58. The zero-order chi connectivity index (χ0) is 19.7. The first-order valence-electron chi connectivity index (χ1n) is 8.20. The van der Waals surface area contributed by atoms with Crippen LogP contribution in [0, 0.1) is 17.0 Å². The number of benzene rings is 2. The summed E-state index contributed by atoms with van der Waals surface area (Å²) in [6, 6.07) is 10.4. The number of hydrogen-bond acceptors (Lipinski definition) is 8. The molecule has 2 aromatic carbocycles. The van der Waals surface area contributed by atoms with Crippen LogP contribution in [0.3, 0.4) is 0 Å². The Morgan fingerprint density at radius 1 is 1.04 bits per heavy atom. The Morgan fingerprint density at radius 3 is 2.36 bits per heavy atom. The molecule has 0 radical (unpaired) electrons. The number of ether oxygens (including phenoxy) is 2. The molecule has 1 aliphatic rings. The smallest absolute Gasteiger partial charge is 0.353 e. The third-order valence-corrected chi connectivity index (χ3v) is 4.48. The van der Waals surface area contributed by atoms with Gasteiger partial charge in [0.05, 0.1) is 4.92 Å². The first-order chi connectivity index (χ1) is 13.5. The normalized spacial score (nSPS) is 11.9. The molecule has 0 unspecified atom stereocenters. The Balaban J connectivity index is 1.67. The third-order valence-electron chi connectivity index (χ3n) is 4.07. The Hall–Kier alpha value is -3.59. The quantitative estimate of drug-likeness (QED) is 0.474. The van der Waals surface area contributed by atoms with Crippen molar-refractivity contribution in [1.82, 2.24) is 9.97 Å². The molecule has 10 heteroatoms. The van der Waals surface area contributed by atoms with Gasteiger partial charge in [-0.3, -0.25) is 10.1 Å². The maximum absolute atomic E-state index is 11.7. The van der Waals surface area contributed by atoms with Crippen LogP contribution in [0.25, 0.3) is 0 Å². The number of rotatable bonds is 5. The summed E-state index contributed by atoms with van der Waals surface area (Å²) in [6.45, 7) is 2.01. The molecule has 0 amide bonds. The lowest BCUT2D eigenvalue weighted by Crippen LogP contribution is -2.05. The van der Waals surface area contributed by atoms with Crippen LogP contribution in [0.15, 0.2) is 42.7 Å². The number of aromatic nitrogens is 2. The number of nitro groups is 1. The monoisotopic (exact) mass is 399 g/mol. The molecule has 0 atom stereocenters. The zero-order valence-corrected chi connectivity index (χ0v) is 15.4. The van der Waals surface area contributed by atoms with E-state index in [1.807, 2.05) is 13.0 Å². The summed E-state index contributed by atoms with van der Waals surface area (Å²) in [5.41, 5.74) is 1.74. The van der Waals surface area contributed by atoms with Crippen LogP contribution in [0.5, 0.6) is 11.5 Å². The van der Waals surface area contributed by atoms with E-state index in [2.05, 4.69) is 20.6 Å². The molecular weight excluding hydrogens is 386 g/mol. The first-order valence-corrected chi connectivity index (χ1v) is 8.58. The molecule has 0 saturated carbocycles. The molecule has 0 saturated heterocycles. The maximum atomic E-state index is 11.7. The van der Waals surface area contributed by atoms with Gasteiger partial charge in [0.2, 0.25) is 18.4 Å². The molecule has 1 aliphatic heterocycles. The highest BCUT2D eigenvalue weighted by Crippen LogP contribution is 2.37. The van der Waals surface area contributed by atoms with Gasteiger partial charge >= 0.3 is 5.69 Å². The lowest BCUT2D eigenvalue weighted by Gasteiger charge is -2.11. The summed E-state index contributed by atoms with van der Waals surface area (Å²) in [7, 11) is 0. The fourth-order valence-corrected chi connectivity index (χ4v) is 2.83. The largest absolute Gasteiger partial charge is 0.454 e. The van der Waals surface area contributed by atoms with E-state index in [4.69, 9.17) is 21.1 Å². The van der Waals surface area contributed by atoms with Crippen molar-refractivity contribution in [2.75, 3.05) is 17.4 Å². The van der Waals surface area contributed by atoms with Crippen molar-refractivity contribution < 1.29 is 14.4 Å². The molecule has 2 heterocycles. The minimum absolute atomic E-state index is 0.0413. The average Bonchev–Trinajstić information content (AvgIpc) is 3.12. The molecule has 1 aromatic heterocycles. The van der Waals surface area contributed by atoms with Crippen LogP contribution in [0.2, 0.25) is 5.02 Å². The number of halogens is 1. The van der Waals surface area contributed by atoms with Gasteiger partial charge in [0.25, 0.3) is 0 Å². The highest BCUT2D eigenvalue weighted by atomic mass is 35.5. The molecule has 0 fully saturated rings. The van der Waals surface area contributed by atoms with E-state index in [1.165, 1.54) is 6.33 Å². The highest BCUT2D eigenvalue weighted by molar-refractivity contribution is 6.31. The number of nitrogens with zero attached hydrogens (tertiary/aromatic N) is 3. The van der Waals surface area contributed by atoms with Crippen molar-refractivity contribution in [2.45, 2.75) is 6.92 Å². The van der Waals surface area contributed by atoms with Crippen LogP contribution in [-0.2, 0) is 0 Å². The molecule has 9 nitrogen and oxygen atoms in total. The number of anilines is 4. The van der Waals surface area contributed by atoms with Crippen molar-refractivity contribution >= 4 is 40.3 Å². The summed E-state index contributed by atoms with van der Waals surface area (Å²) in [6.07, 6.45) is 1.24. The lowest BCUT2D eigenvalue weighted by atomic mass is 10.2. The highest BCUT2D eigenvalue weighted by Gasteiger charge is 2.24. The summed E-state index contributed by atoms with van der Waals surface area (Å²) < 4.78 is 10.6. The van der Waals surface area contributed by atoms with Crippen molar-refractivity contribution in [1.29, 1.82) is 0 Å². The fourth-order valence-electron chi connectivity index (χ4n) is 2.65. The van der Waals surface area contributed by atoms with Crippen LogP contribution in [0.4, 0.5) is 28.7 Å². The van der Waals surface area contributed by atoms with Crippen LogP contribution in [-0.4, -0.2) is 21.7 Å². The van der Waals surface area contributed by atoms with Crippen LogP contribution >= 0.6 is 11.6 Å². The van der Waals surface area contributed by atoms with Crippen molar-refractivity contribution in [3.8, 4) is 11.5 Å². The van der Waals surface area contributed by atoms with Crippen LogP contribution in [0.1, 0.15) is 5.56 Å². The Labute approximate surface area is 164 Å². The molecule has 2 N–H and O–H groups in total. The summed E-state index contributed by atoms with van der Waals surface area (Å²) in [5, 5.41) is 18.1. The minimum atomic E-state index is -0.548. The molecular formula is C18H14ClN5O4. The molecule has 3 aromatic rings. The second-order valence-corrected chi connectivity index (χ2v) is 6.37. The predicted octanol–water partition coefficient (Wildman–Crippen LogP) is 4.56. The van der Waals surface area contributed by atoms with Gasteiger partial charge in [-0.2, -0.15) is 0 Å². The molecule has 0 aliphatic carbocycles. The Morgan fingerprint density at radius 2 is 1.68 bits per heavy atom. The predicted molar refractivity (Wildman–Crippen MR) is 104 cm³/mol. The lowest BCUT2D eigenvalue weighted by molar-refractivity contribution is -0.383. The van der Waals surface area contributed by atoms with Gasteiger partial charge in [-0.15, -0.1) is 0 Å². The van der Waals surface area contributed by atoms with Gasteiger partial charge in [-0.25, -0.2) is 9.97 Å². The second kappa shape index (κ2) is 7.20. The number of aryl methyl sites for hydroxylation is 1. The van der Waals surface area contributed by atoms with E-state index >= 15 is 0 Å². The maximum Gasteiger partial charge on any atom is 0.353 e. The van der Waals surface area contributed by atoms with Gasteiger partial charge < -0.3 is 20.1 Å². The van der Waals surface area contributed by atoms with E-state index < -0.39 is 4.92 Å². The molecule has 0 spiro atoms.